The summed E-state index contributed by atoms with van der Waals surface area (Å²) >= 11 is 0. The van der Waals surface area contributed by atoms with Crippen molar-refractivity contribution in [3.63, 3.8) is 0 Å². The molecule has 0 spiro atoms. The maximum Gasteiger partial charge on any atom is 0.224 e. The normalized spacial score (nSPS) is 15.8. The highest BCUT2D eigenvalue weighted by molar-refractivity contribution is 5.76. The van der Waals surface area contributed by atoms with Crippen LogP contribution in [0.2, 0.25) is 0 Å². The summed E-state index contributed by atoms with van der Waals surface area (Å²) in [5.41, 5.74) is 0. The third kappa shape index (κ3) is 2.41. The number of nitrogens with zero attached hydrogens (tertiary/aromatic N) is 3. The van der Waals surface area contributed by atoms with Gasteiger partial charge in [-0.15, -0.1) is 0 Å². The second-order valence-electron chi connectivity index (χ2n) is 4.04. The molecule has 0 bridgehead atoms. The number of carbonyl (C=O) groups is 1. The molecule has 2 heterocycles. The lowest BCUT2D eigenvalue weighted by molar-refractivity contribution is -0.134. The molecule has 88 valence electrons. The van der Waals surface area contributed by atoms with Gasteiger partial charge in [0.2, 0.25) is 5.91 Å². The summed E-state index contributed by atoms with van der Waals surface area (Å²) in [7, 11) is 0. The van der Waals surface area contributed by atoms with Crippen LogP contribution in [-0.2, 0) is 11.3 Å². The Balaban J connectivity index is 1.81. The molecule has 1 aliphatic rings. The molecule has 0 unspecified atom stereocenters. The first-order valence-electron chi connectivity index (χ1n) is 5.77. The molecule has 1 N–H and O–H groups in total. The molecular formula is C11H18N4O. The van der Waals surface area contributed by atoms with E-state index in [4.69, 9.17) is 0 Å². The molecule has 5 nitrogen and oxygen atoms in total. The fourth-order valence-electron chi connectivity index (χ4n) is 1.92. The number of aromatic nitrogens is 2. The van der Waals surface area contributed by atoms with E-state index in [0.717, 1.165) is 26.2 Å². The van der Waals surface area contributed by atoms with Crippen LogP contribution in [0.3, 0.4) is 0 Å². The van der Waals surface area contributed by atoms with E-state index < -0.39 is 0 Å². The lowest BCUT2D eigenvalue weighted by Gasteiger charge is -2.37. The summed E-state index contributed by atoms with van der Waals surface area (Å²) in [6.45, 7) is 5.42. The molecule has 0 atom stereocenters. The zero-order valence-electron chi connectivity index (χ0n) is 9.59. The minimum Gasteiger partial charge on any atom is -0.337 e. The van der Waals surface area contributed by atoms with Crippen LogP contribution < -0.4 is 5.32 Å². The van der Waals surface area contributed by atoms with Gasteiger partial charge in [0.1, 0.15) is 0 Å². The number of likely N-dealkylation sites (N-methyl/N-ethyl adjacent to an activating group) is 1. The average Bonchev–Trinajstić information content (AvgIpc) is 2.72. The SMILES string of the molecule is CCN(C(=O)CCn1ccnc1)C1CNC1. The number of imidazole rings is 1. The van der Waals surface area contributed by atoms with Crippen molar-refractivity contribution < 1.29 is 4.79 Å². The second kappa shape index (κ2) is 5.12. The summed E-state index contributed by atoms with van der Waals surface area (Å²) < 4.78 is 1.94. The molecule has 0 aromatic carbocycles. The topological polar surface area (TPSA) is 50.2 Å². The minimum absolute atomic E-state index is 0.239. The summed E-state index contributed by atoms with van der Waals surface area (Å²) in [5.74, 6) is 0.239. The van der Waals surface area contributed by atoms with Crippen LogP contribution in [0, 0.1) is 0 Å². The van der Waals surface area contributed by atoms with Crippen molar-refractivity contribution in [2.45, 2.75) is 25.9 Å². The minimum atomic E-state index is 0.239. The summed E-state index contributed by atoms with van der Waals surface area (Å²) in [6.07, 6.45) is 5.92. The fraction of sp³-hybridized carbons (Fsp3) is 0.636. The van der Waals surface area contributed by atoms with E-state index in [0.29, 0.717) is 12.5 Å². The van der Waals surface area contributed by atoms with E-state index in [-0.39, 0.29) is 5.91 Å². The van der Waals surface area contributed by atoms with Crippen molar-refractivity contribution in [1.82, 2.24) is 19.8 Å². The highest BCUT2D eigenvalue weighted by atomic mass is 16.2. The largest absolute Gasteiger partial charge is 0.337 e. The molecule has 16 heavy (non-hydrogen) atoms. The van der Waals surface area contributed by atoms with Gasteiger partial charge in [0.25, 0.3) is 0 Å². The van der Waals surface area contributed by atoms with Gasteiger partial charge in [-0.25, -0.2) is 4.98 Å². The molecule has 2 rings (SSSR count). The molecule has 1 aliphatic heterocycles. The van der Waals surface area contributed by atoms with Crippen LogP contribution in [0.1, 0.15) is 13.3 Å². The van der Waals surface area contributed by atoms with Gasteiger partial charge in [0.05, 0.1) is 12.4 Å². The van der Waals surface area contributed by atoms with Gasteiger partial charge in [-0.2, -0.15) is 0 Å². The van der Waals surface area contributed by atoms with Crippen LogP contribution in [0.25, 0.3) is 0 Å². The van der Waals surface area contributed by atoms with Crippen molar-refractivity contribution >= 4 is 5.91 Å². The Morgan fingerprint density at radius 3 is 2.94 bits per heavy atom. The van der Waals surface area contributed by atoms with Gasteiger partial charge in [-0.05, 0) is 6.92 Å². The lowest BCUT2D eigenvalue weighted by atomic mass is 10.1. The molecule has 1 fully saturated rings. The molecule has 1 amide bonds. The van der Waals surface area contributed by atoms with E-state index in [1.165, 1.54) is 0 Å². The number of carbonyl (C=O) groups excluding carboxylic acids is 1. The Morgan fingerprint density at radius 2 is 2.44 bits per heavy atom. The smallest absolute Gasteiger partial charge is 0.224 e. The molecule has 0 saturated carbocycles. The van der Waals surface area contributed by atoms with Crippen molar-refractivity contribution in [1.29, 1.82) is 0 Å². The van der Waals surface area contributed by atoms with Gasteiger partial charge in [-0.1, -0.05) is 0 Å². The average molecular weight is 222 g/mol. The third-order valence-corrected chi connectivity index (χ3v) is 3.00. The second-order valence-corrected chi connectivity index (χ2v) is 4.04. The van der Waals surface area contributed by atoms with Crippen LogP contribution >= 0.6 is 0 Å². The number of hydrogen-bond donors (Lipinski definition) is 1. The van der Waals surface area contributed by atoms with E-state index in [2.05, 4.69) is 10.3 Å². The zero-order valence-corrected chi connectivity index (χ0v) is 9.59. The van der Waals surface area contributed by atoms with Crippen LogP contribution in [-0.4, -0.2) is 46.0 Å². The number of hydrogen-bond acceptors (Lipinski definition) is 3. The number of amides is 1. The first-order valence-corrected chi connectivity index (χ1v) is 5.77. The first kappa shape index (κ1) is 11.1. The van der Waals surface area contributed by atoms with Gasteiger partial charge >= 0.3 is 0 Å². The maximum atomic E-state index is 12.0. The van der Waals surface area contributed by atoms with Gasteiger partial charge in [0, 0.05) is 45.0 Å². The predicted molar refractivity (Wildman–Crippen MR) is 60.9 cm³/mol. The molecule has 0 aliphatic carbocycles. The summed E-state index contributed by atoms with van der Waals surface area (Å²) in [4.78, 5) is 17.9. The van der Waals surface area contributed by atoms with E-state index >= 15 is 0 Å². The van der Waals surface area contributed by atoms with E-state index in [1.807, 2.05) is 22.6 Å². The Bertz CT molecular complexity index is 332. The summed E-state index contributed by atoms with van der Waals surface area (Å²) in [5, 5.41) is 3.19. The van der Waals surface area contributed by atoms with Gasteiger partial charge in [-0.3, -0.25) is 4.79 Å². The van der Waals surface area contributed by atoms with Crippen molar-refractivity contribution in [2.24, 2.45) is 0 Å². The monoisotopic (exact) mass is 222 g/mol. The molecule has 1 saturated heterocycles. The Labute approximate surface area is 95.5 Å². The molecule has 1 aromatic heterocycles. The number of nitrogens with one attached hydrogen (secondary N) is 1. The van der Waals surface area contributed by atoms with E-state index in [1.54, 1.807) is 12.5 Å². The highest BCUT2D eigenvalue weighted by Crippen LogP contribution is 2.07. The van der Waals surface area contributed by atoms with Crippen LogP contribution in [0.5, 0.6) is 0 Å². The fourth-order valence-corrected chi connectivity index (χ4v) is 1.92. The van der Waals surface area contributed by atoms with Gasteiger partial charge < -0.3 is 14.8 Å². The maximum absolute atomic E-state index is 12.0. The van der Waals surface area contributed by atoms with Crippen molar-refractivity contribution in [3.8, 4) is 0 Å². The Hall–Kier alpha value is -1.36. The number of aryl methyl sites for hydroxylation is 1. The molecule has 5 heteroatoms. The molecule has 0 radical (unpaired) electrons. The predicted octanol–water partition coefficient (Wildman–Crippen LogP) is 0.0935. The van der Waals surface area contributed by atoms with E-state index in [9.17, 15) is 4.79 Å². The van der Waals surface area contributed by atoms with Crippen molar-refractivity contribution in [3.05, 3.63) is 18.7 Å². The Morgan fingerprint density at radius 1 is 1.62 bits per heavy atom. The van der Waals surface area contributed by atoms with Gasteiger partial charge in [0.15, 0.2) is 0 Å². The third-order valence-electron chi connectivity index (χ3n) is 3.00. The lowest BCUT2D eigenvalue weighted by Crippen LogP contribution is -2.58. The highest BCUT2D eigenvalue weighted by Gasteiger charge is 2.26. The zero-order chi connectivity index (χ0) is 11.4. The quantitative estimate of drug-likeness (QED) is 0.768. The first-order chi connectivity index (χ1) is 7.81. The number of rotatable bonds is 5. The van der Waals surface area contributed by atoms with Crippen LogP contribution in [0.4, 0.5) is 0 Å². The standard InChI is InChI=1S/C11H18N4O/c1-2-15(10-7-13-8-10)11(16)3-5-14-6-4-12-9-14/h4,6,9-10,13H,2-3,5,7-8H2,1H3. The van der Waals surface area contributed by atoms with Crippen molar-refractivity contribution in [2.75, 3.05) is 19.6 Å². The van der Waals surface area contributed by atoms with Crippen LogP contribution in [0.15, 0.2) is 18.7 Å². The molecular weight excluding hydrogens is 204 g/mol. The Kier molecular flexibility index (Phi) is 3.56. The molecule has 1 aromatic rings. The summed E-state index contributed by atoms with van der Waals surface area (Å²) in [6, 6.07) is 0.403.